The minimum Gasteiger partial charge on any atom is -0.545 e. The maximum Gasteiger partial charge on any atom is 0.306 e. The molecule has 0 aliphatic rings. The van der Waals surface area contributed by atoms with Gasteiger partial charge in [-0.2, -0.15) is 0 Å². The van der Waals surface area contributed by atoms with E-state index in [2.05, 4.69) is 123 Å². The summed E-state index contributed by atoms with van der Waals surface area (Å²) in [5.41, 5.74) is 0. The van der Waals surface area contributed by atoms with Crippen LogP contribution in [-0.4, -0.2) is 82.3 Å². The highest BCUT2D eigenvalue weighted by Crippen LogP contribution is 2.19. The number of carboxylic acids is 1. The Morgan fingerprint density at radius 1 is 0.320 bits per heavy atom. The summed E-state index contributed by atoms with van der Waals surface area (Å²) in [6.07, 6.45) is 106. The summed E-state index contributed by atoms with van der Waals surface area (Å²) >= 11 is 0. The van der Waals surface area contributed by atoms with Gasteiger partial charge in [-0.05, 0) is 103 Å². The first-order chi connectivity index (χ1) is 47.6. The number of likely N-dealkylation sites (N-methyl/N-ethyl adjacent to an activating group) is 1. The number of hydrogen-bond donors (Lipinski definition) is 0. The fourth-order valence-corrected chi connectivity index (χ4v) is 11.8. The molecule has 0 aromatic carbocycles. The van der Waals surface area contributed by atoms with Crippen LogP contribution in [0.4, 0.5) is 0 Å². The van der Waals surface area contributed by atoms with E-state index >= 15 is 0 Å². The highest BCUT2D eigenvalue weighted by Gasteiger charge is 2.22. The van der Waals surface area contributed by atoms with Crippen LogP contribution in [-0.2, 0) is 33.3 Å². The van der Waals surface area contributed by atoms with Crippen molar-refractivity contribution in [2.45, 2.75) is 386 Å². The van der Waals surface area contributed by atoms with Gasteiger partial charge in [-0.25, -0.2) is 0 Å². The van der Waals surface area contributed by atoms with Gasteiger partial charge in [0.2, 0.25) is 0 Å². The smallest absolute Gasteiger partial charge is 0.306 e. The molecular formula is C88H155NO8. The summed E-state index contributed by atoms with van der Waals surface area (Å²) in [4.78, 5) is 37.6. The molecule has 2 atom stereocenters. The lowest BCUT2D eigenvalue weighted by Crippen LogP contribution is -2.44. The Hall–Kier alpha value is -4.05. The van der Waals surface area contributed by atoms with E-state index in [0.717, 1.165) is 83.5 Å². The molecule has 9 nitrogen and oxygen atoms in total. The summed E-state index contributed by atoms with van der Waals surface area (Å²) in [6.45, 7) is 4.67. The molecular weight excluding hydrogens is 1200 g/mol. The van der Waals surface area contributed by atoms with Gasteiger partial charge in [0.1, 0.15) is 13.2 Å². The molecule has 0 spiro atoms. The van der Waals surface area contributed by atoms with Crippen LogP contribution in [0.1, 0.15) is 373 Å². The Morgan fingerprint density at radius 3 is 0.876 bits per heavy atom. The van der Waals surface area contributed by atoms with Gasteiger partial charge in [0.05, 0.1) is 40.3 Å². The van der Waals surface area contributed by atoms with Gasteiger partial charge in [0, 0.05) is 12.8 Å². The number of rotatable bonds is 76. The van der Waals surface area contributed by atoms with Crippen molar-refractivity contribution in [1.29, 1.82) is 0 Å². The number of carbonyl (C=O) groups excluding carboxylic acids is 3. The van der Waals surface area contributed by atoms with Crippen LogP contribution in [0.15, 0.2) is 109 Å². The third-order valence-electron chi connectivity index (χ3n) is 18.0. The van der Waals surface area contributed by atoms with Crippen LogP contribution >= 0.6 is 0 Å². The van der Waals surface area contributed by atoms with Crippen LogP contribution in [0, 0.1) is 0 Å². The third kappa shape index (κ3) is 79.2. The predicted molar refractivity (Wildman–Crippen MR) is 417 cm³/mol. The topological polar surface area (TPSA) is 111 Å². The molecule has 0 aromatic rings. The first-order valence-corrected chi connectivity index (χ1v) is 41.0. The average Bonchev–Trinajstić information content (AvgIpc) is 3.27. The molecule has 9 heteroatoms. The molecule has 0 saturated heterocycles. The zero-order valence-corrected chi connectivity index (χ0v) is 64.2. The SMILES string of the molecule is CC/C=C\C/C=C\C/C=C\C/C=C\C/C=C\C/C=C\C/C=C\CCCCCCCCCCCCCCCCCCCCCC(=O)OC(COC(=O)CCCCCCCCCCCCCCCCCCCCC/C=C\C/C=C\CCCCCCC)COC(OCC[N+](C)(C)C)C(=O)[O-]. The third-order valence-corrected chi connectivity index (χ3v) is 18.0. The number of esters is 2. The molecule has 2 unspecified atom stereocenters. The first kappa shape index (κ1) is 93.0. The summed E-state index contributed by atoms with van der Waals surface area (Å²) in [6, 6.07) is 0. The molecule has 0 aromatic heterocycles. The predicted octanol–water partition coefficient (Wildman–Crippen LogP) is 25.1. The van der Waals surface area contributed by atoms with Crippen LogP contribution in [0.3, 0.4) is 0 Å². The maximum absolute atomic E-state index is 13.0. The molecule has 97 heavy (non-hydrogen) atoms. The quantitative estimate of drug-likeness (QED) is 0.0195. The van der Waals surface area contributed by atoms with Gasteiger partial charge >= 0.3 is 11.9 Å². The number of unbranched alkanes of at least 4 members (excludes halogenated alkanes) is 43. The van der Waals surface area contributed by atoms with E-state index in [9.17, 15) is 19.5 Å². The number of aliphatic carboxylic acids is 1. The Balaban J connectivity index is 3.99. The number of hydrogen-bond acceptors (Lipinski definition) is 8. The van der Waals surface area contributed by atoms with Crippen molar-refractivity contribution in [2.75, 3.05) is 47.5 Å². The standard InChI is InChI=1S/C88H155NO8/c1-6-8-10-12-14-16-18-20-22-24-26-28-30-32-34-36-38-39-40-41-42-43-44-45-46-47-49-51-53-55-57-59-61-63-65-67-69-71-73-75-77-79-86(91)97-84(83-96-88(87(92)93)94-81-80-89(3,4)5)82-95-85(90)78-76-74-72-70-68-66-64-62-60-58-56-54-52-50-48-37-35-33-31-29-27-25-23-21-19-17-15-13-11-9-7-2/h8,10,14,16,19-22,25-28,32,34,38-39,41-42,84,88H,6-7,9,11-13,15,17-18,23-24,29-31,33,35-37,40,43-83H2,1-5H3/b10-8-,16-14-,21-19-,22-20-,27-25-,28-26-,34-32-,39-38-,42-41-. The van der Waals surface area contributed by atoms with Gasteiger partial charge in [0.25, 0.3) is 0 Å². The van der Waals surface area contributed by atoms with Crippen molar-refractivity contribution in [3.05, 3.63) is 109 Å². The lowest BCUT2D eigenvalue weighted by atomic mass is 10.0. The first-order valence-electron chi connectivity index (χ1n) is 41.0. The lowest BCUT2D eigenvalue weighted by Gasteiger charge is -2.26. The Bertz CT molecular complexity index is 1970. The molecule has 0 aliphatic carbocycles. The van der Waals surface area contributed by atoms with Gasteiger partial charge < -0.3 is 33.3 Å². The van der Waals surface area contributed by atoms with Crippen molar-refractivity contribution in [2.24, 2.45) is 0 Å². The van der Waals surface area contributed by atoms with Crippen molar-refractivity contribution in [3.63, 3.8) is 0 Å². The number of carbonyl (C=O) groups is 3. The minimum absolute atomic E-state index is 0.147. The molecule has 0 amide bonds. The normalized spacial score (nSPS) is 13.2. The summed E-state index contributed by atoms with van der Waals surface area (Å²) < 4.78 is 22.9. The fourth-order valence-electron chi connectivity index (χ4n) is 11.8. The van der Waals surface area contributed by atoms with Gasteiger partial charge in [-0.1, -0.05) is 367 Å². The van der Waals surface area contributed by atoms with Crippen LogP contribution in [0.25, 0.3) is 0 Å². The summed E-state index contributed by atoms with van der Waals surface area (Å²) in [7, 11) is 5.95. The Labute approximate surface area is 600 Å². The van der Waals surface area contributed by atoms with E-state index in [4.69, 9.17) is 18.9 Å². The monoisotopic (exact) mass is 1350 g/mol. The van der Waals surface area contributed by atoms with Crippen LogP contribution in [0.5, 0.6) is 0 Å². The van der Waals surface area contributed by atoms with Gasteiger partial charge in [-0.3, -0.25) is 9.59 Å². The van der Waals surface area contributed by atoms with E-state index in [1.807, 2.05) is 21.1 Å². The molecule has 0 bridgehead atoms. The average molecular weight is 1360 g/mol. The highest BCUT2D eigenvalue weighted by atomic mass is 16.7. The highest BCUT2D eigenvalue weighted by molar-refractivity contribution is 5.70. The largest absolute Gasteiger partial charge is 0.545 e. The zero-order chi connectivity index (χ0) is 70.4. The lowest BCUT2D eigenvalue weighted by molar-refractivity contribution is -0.870. The van der Waals surface area contributed by atoms with Gasteiger partial charge in [0.15, 0.2) is 12.4 Å². The summed E-state index contributed by atoms with van der Waals surface area (Å²) in [5, 5.41) is 11.9. The second-order valence-corrected chi connectivity index (χ2v) is 28.7. The maximum atomic E-state index is 13.0. The molecule has 0 rings (SSSR count). The van der Waals surface area contributed by atoms with E-state index in [1.54, 1.807) is 0 Å². The molecule has 0 N–H and O–H groups in total. The van der Waals surface area contributed by atoms with E-state index < -0.39 is 24.3 Å². The summed E-state index contributed by atoms with van der Waals surface area (Å²) in [5.74, 6) is -2.26. The van der Waals surface area contributed by atoms with Crippen molar-refractivity contribution >= 4 is 17.9 Å². The van der Waals surface area contributed by atoms with E-state index in [-0.39, 0.29) is 32.2 Å². The minimum atomic E-state index is -1.62. The molecule has 0 radical (unpaired) electrons. The van der Waals surface area contributed by atoms with Crippen molar-refractivity contribution < 1.29 is 42.9 Å². The number of carboxylic acid groups (broad SMARTS) is 1. The van der Waals surface area contributed by atoms with E-state index in [0.29, 0.717) is 23.9 Å². The van der Waals surface area contributed by atoms with Gasteiger partial charge in [-0.15, -0.1) is 0 Å². The van der Waals surface area contributed by atoms with Crippen LogP contribution in [0.2, 0.25) is 0 Å². The van der Waals surface area contributed by atoms with Crippen LogP contribution < -0.4 is 5.11 Å². The second-order valence-electron chi connectivity index (χ2n) is 28.7. The number of quaternary nitrogens is 1. The molecule has 0 aliphatic heterocycles. The molecule has 0 saturated carbocycles. The van der Waals surface area contributed by atoms with E-state index in [1.165, 1.54) is 257 Å². The fraction of sp³-hybridized carbons (Fsp3) is 0.761. The number of allylic oxidation sites excluding steroid dienone is 18. The zero-order valence-electron chi connectivity index (χ0n) is 64.2. The molecule has 0 fully saturated rings. The Morgan fingerprint density at radius 2 is 0.588 bits per heavy atom. The second kappa shape index (κ2) is 77.7. The molecule has 560 valence electrons. The Kier molecular flexibility index (Phi) is 74.4. The van der Waals surface area contributed by atoms with Crippen molar-refractivity contribution in [3.8, 4) is 0 Å². The number of nitrogens with zero attached hydrogens (tertiary/aromatic N) is 1. The molecule has 0 heterocycles. The van der Waals surface area contributed by atoms with Crippen molar-refractivity contribution in [1.82, 2.24) is 0 Å². The number of ether oxygens (including phenoxy) is 4.